The fraction of sp³-hybridized carbons (Fsp3) is 0.895. The van der Waals surface area contributed by atoms with E-state index in [4.69, 9.17) is 9.47 Å². The number of aromatic nitrogens is 3. The molecule has 3 rings (SSSR count). The fourth-order valence-corrected chi connectivity index (χ4v) is 4.09. The molecule has 1 aromatic heterocycles. The first-order valence-corrected chi connectivity index (χ1v) is 9.70. The zero-order valence-corrected chi connectivity index (χ0v) is 15.7. The molecule has 3 unspecified atom stereocenters. The molecule has 0 aromatic carbocycles. The van der Waals surface area contributed by atoms with Crippen molar-refractivity contribution in [2.24, 2.45) is 17.8 Å². The first kappa shape index (κ1) is 17.9. The van der Waals surface area contributed by atoms with Gasteiger partial charge in [-0.05, 0) is 77.6 Å². The van der Waals surface area contributed by atoms with Crippen molar-refractivity contribution in [3.05, 3.63) is 11.4 Å². The molecular formula is C19H33N3O2. The van der Waals surface area contributed by atoms with Crippen molar-refractivity contribution < 1.29 is 9.47 Å². The minimum Gasteiger partial charge on any atom is -0.379 e. The standard InChI is InChI=1S/C19H33N3O2/c1-13(2)23-11-5-10-22-19-9-7-16-15(6-8-18(19)20-21-22)17(16)12-24-14(3)4/h13-17H,5-12H2,1-4H3. The van der Waals surface area contributed by atoms with Gasteiger partial charge in [0.05, 0.1) is 30.2 Å². The number of rotatable bonds is 8. The molecule has 0 radical (unpaired) electrons. The molecule has 0 spiro atoms. The summed E-state index contributed by atoms with van der Waals surface area (Å²) in [7, 11) is 0. The van der Waals surface area contributed by atoms with Crippen LogP contribution in [0.3, 0.4) is 0 Å². The van der Waals surface area contributed by atoms with Crippen LogP contribution in [0.25, 0.3) is 0 Å². The van der Waals surface area contributed by atoms with Gasteiger partial charge in [-0.15, -0.1) is 5.10 Å². The van der Waals surface area contributed by atoms with Crippen molar-refractivity contribution in [3.8, 4) is 0 Å². The van der Waals surface area contributed by atoms with E-state index in [1.54, 1.807) is 0 Å². The van der Waals surface area contributed by atoms with Crippen molar-refractivity contribution in [2.45, 2.75) is 78.6 Å². The Hall–Kier alpha value is -0.940. The summed E-state index contributed by atoms with van der Waals surface area (Å²) in [6, 6.07) is 0. The molecule has 1 heterocycles. The lowest BCUT2D eigenvalue weighted by atomic mass is 10.0. The molecule has 136 valence electrons. The molecule has 1 fully saturated rings. The Morgan fingerprint density at radius 3 is 2.46 bits per heavy atom. The molecule has 5 nitrogen and oxygen atoms in total. The highest BCUT2D eigenvalue weighted by Crippen LogP contribution is 2.53. The minimum atomic E-state index is 0.304. The minimum absolute atomic E-state index is 0.304. The molecule has 24 heavy (non-hydrogen) atoms. The molecular weight excluding hydrogens is 302 g/mol. The maximum absolute atomic E-state index is 5.86. The summed E-state index contributed by atoms with van der Waals surface area (Å²) in [5.41, 5.74) is 2.60. The second-order valence-corrected chi connectivity index (χ2v) is 7.93. The Bertz CT molecular complexity index is 527. The molecule has 2 aliphatic rings. The van der Waals surface area contributed by atoms with Gasteiger partial charge in [0.15, 0.2) is 0 Å². The molecule has 1 saturated carbocycles. The topological polar surface area (TPSA) is 49.2 Å². The number of hydrogen-bond donors (Lipinski definition) is 0. The number of fused-ring (bicyclic) bond motifs is 2. The van der Waals surface area contributed by atoms with E-state index >= 15 is 0 Å². The van der Waals surface area contributed by atoms with Crippen LogP contribution in [0.5, 0.6) is 0 Å². The first-order valence-electron chi connectivity index (χ1n) is 9.70. The maximum Gasteiger partial charge on any atom is 0.0859 e. The molecule has 0 amide bonds. The zero-order chi connectivity index (χ0) is 17.1. The lowest BCUT2D eigenvalue weighted by Crippen LogP contribution is -2.12. The zero-order valence-electron chi connectivity index (χ0n) is 15.7. The summed E-state index contributed by atoms with van der Waals surface area (Å²) in [5.74, 6) is 2.48. The fourth-order valence-electron chi connectivity index (χ4n) is 4.09. The van der Waals surface area contributed by atoms with Crippen molar-refractivity contribution in [1.29, 1.82) is 0 Å². The van der Waals surface area contributed by atoms with E-state index in [2.05, 4.69) is 42.7 Å². The van der Waals surface area contributed by atoms with Crippen LogP contribution in [0.15, 0.2) is 0 Å². The van der Waals surface area contributed by atoms with Crippen LogP contribution in [-0.4, -0.2) is 40.4 Å². The number of hydrogen-bond acceptors (Lipinski definition) is 4. The van der Waals surface area contributed by atoms with Crippen LogP contribution in [0.4, 0.5) is 0 Å². The van der Waals surface area contributed by atoms with Gasteiger partial charge in [0.2, 0.25) is 0 Å². The van der Waals surface area contributed by atoms with E-state index in [1.165, 1.54) is 24.2 Å². The average Bonchev–Trinajstić information content (AvgIpc) is 3.02. The molecule has 5 heteroatoms. The Balaban J connectivity index is 1.51. The third kappa shape index (κ3) is 4.37. The van der Waals surface area contributed by atoms with Gasteiger partial charge in [0, 0.05) is 13.2 Å². The van der Waals surface area contributed by atoms with Crippen molar-refractivity contribution in [2.75, 3.05) is 13.2 Å². The van der Waals surface area contributed by atoms with E-state index in [0.717, 1.165) is 56.8 Å². The summed E-state index contributed by atoms with van der Waals surface area (Å²) >= 11 is 0. The summed E-state index contributed by atoms with van der Waals surface area (Å²) in [6.45, 7) is 11.1. The lowest BCUT2D eigenvalue weighted by Gasteiger charge is -2.11. The summed E-state index contributed by atoms with van der Waals surface area (Å²) < 4.78 is 13.6. The third-order valence-electron chi connectivity index (χ3n) is 5.44. The predicted molar refractivity (Wildman–Crippen MR) is 93.9 cm³/mol. The summed E-state index contributed by atoms with van der Waals surface area (Å²) in [5, 5.41) is 8.87. The highest BCUT2D eigenvalue weighted by Gasteiger charge is 2.49. The molecule has 3 atom stereocenters. The molecule has 0 bridgehead atoms. The van der Waals surface area contributed by atoms with Gasteiger partial charge >= 0.3 is 0 Å². The molecule has 0 saturated heterocycles. The van der Waals surface area contributed by atoms with E-state index in [0.29, 0.717) is 12.2 Å². The van der Waals surface area contributed by atoms with Crippen LogP contribution >= 0.6 is 0 Å². The number of nitrogens with zero attached hydrogens (tertiary/aromatic N) is 3. The summed E-state index contributed by atoms with van der Waals surface area (Å²) in [6.07, 6.45) is 6.36. The smallest absolute Gasteiger partial charge is 0.0859 e. The molecule has 1 aromatic rings. The molecule has 0 N–H and O–H groups in total. The van der Waals surface area contributed by atoms with Crippen LogP contribution < -0.4 is 0 Å². The van der Waals surface area contributed by atoms with E-state index in [9.17, 15) is 0 Å². The quantitative estimate of drug-likeness (QED) is 0.684. The second kappa shape index (κ2) is 7.96. The van der Waals surface area contributed by atoms with Gasteiger partial charge < -0.3 is 9.47 Å². The van der Waals surface area contributed by atoms with Crippen LogP contribution in [-0.2, 0) is 28.9 Å². The van der Waals surface area contributed by atoms with E-state index in [-0.39, 0.29) is 0 Å². The van der Waals surface area contributed by atoms with Crippen LogP contribution in [0.1, 0.15) is 58.3 Å². The van der Waals surface area contributed by atoms with Gasteiger partial charge in [-0.25, -0.2) is 4.68 Å². The summed E-state index contributed by atoms with van der Waals surface area (Å²) in [4.78, 5) is 0. The van der Waals surface area contributed by atoms with Crippen molar-refractivity contribution >= 4 is 0 Å². The SMILES string of the molecule is CC(C)OCCCn1nnc2c1CCC1C(CC2)C1COC(C)C. The van der Waals surface area contributed by atoms with Gasteiger partial charge in [-0.2, -0.15) is 0 Å². The van der Waals surface area contributed by atoms with Crippen LogP contribution in [0.2, 0.25) is 0 Å². The monoisotopic (exact) mass is 335 g/mol. The maximum atomic E-state index is 5.86. The Morgan fingerprint density at radius 2 is 1.75 bits per heavy atom. The lowest BCUT2D eigenvalue weighted by molar-refractivity contribution is 0.0655. The van der Waals surface area contributed by atoms with E-state index < -0.39 is 0 Å². The van der Waals surface area contributed by atoms with Gasteiger partial charge in [0.25, 0.3) is 0 Å². The number of aryl methyl sites for hydroxylation is 2. The van der Waals surface area contributed by atoms with Gasteiger partial charge in [0.1, 0.15) is 0 Å². The van der Waals surface area contributed by atoms with E-state index in [1.807, 2.05) is 0 Å². The van der Waals surface area contributed by atoms with Crippen molar-refractivity contribution in [3.63, 3.8) is 0 Å². The highest BCUT2D eigenvalue weighted by molar-refractivity contribution is 5.15. The highest BCUT2D eigenvalue weighted by atomic mass is 16.5. The third-order valence-corrected chi connectivity index (χ3v) is 5.44. The first-order chi connectivity index (χ1) is 11.6. The van der Waals surface area contributed by atoms with Crippen LogP contribution in [0, 0.1) is 17.8 Å². The van der Waals surface area contributed by atoms with Gasteiger partial charge in [-0.1, -0.05) is 5.21 Å². The Morgan fingerprint density at radius 1 is 1.04 bits per heavy atom. The second-order valence-electron chi connectivity index (χ2n) is 7.93. The van der Waals surface area contributed by atoms with Crippen molar-refractivity contribution in [1.82, 2.24) is 15.0 Å². The number of ether oxygens (including phenoxy) is 2. The average molecular weight is 335 g/mol. The normalized spacial score (nSPS) is 26.2. The Labute approximate surface area is 146 Å². The molecule has 0 aliphatic heterocycles. The molecule has 2 aliphatic carbocycles. The Kier molecular flexibility index (Phi) is 5.93. The largest absolute Gasteiger partial charge is 0.379 e. The predicted octanol–water partition coefficient (Wildman–Crippen LogP) is 3.26. The van der Waals surface area contributed by atoms with Gasteiger partial charge in [-0.3, -0.25) is 0 Å².